The number of anilines is 1. The average molecular weight is 225 g/mol. The van der Waals surface area contributed by atoms with Crippen molar-refractivity contribution in [1.82, 2.24) is 10.1 Å². The fourth-order valence-corrected chi connectivity index (χ4v) is 1.77. The van der Waals surface area contributed by atoms with Gasteiger partial charge in [0, 0.05) is 19.0 Å². The largest absolute Gasteiger partial charge is 0.390 e. The molecular weight excluding hydrogens is 206 g/mol. The van der Waals surface area contributed by atoms with E-state index in [1.807, 2.05) is 25.7 Å². The van der Waals surface area contributed by atoms with Gasteiger partial charge in [0.05, 0.1) is 5.60 Å². The number of rotatable bonds is 2. The van der Waals surface area contributed by atoms with Crippen LogP contribution in [0.4, 0.5) is 6.01 Å². The second-order valence-electron chi connectivity index (χ2n) is 5.07. The van der Waals surface area contributed by atoms with E-state index in [-0.39, 0.29) is 5.92 Å². The van der Waals surface area contributed by atoms with Crippen molar-refractivity contribution < 1.29 is 9.63 Å². The summed E-state index contributed by atoms with van der Waals surface area (Å²) in [6.07, 6.45) is 1.48. The zero-order valence-corrected chi connectivity index (χ0v) is 10.1. The van der Waals surface area contributed by atoms with Gasteiger partial charge in [-0.05, 0) is 19.8 Å². The molecule has 0 radical (unpaired) electrons. The topological polar surface area (TPSA) is 62.4 Å². The lowest BCUT2D eigenvalue weighted by Crippen LogP contribution is -2.42. The summed E-state index contributed by atoms with van der Waals surface area (Å²) in [5, 5.41) is 13.8. The lowest BCUT2D eigenvalue weighted by atomic mass is 9.94. The minimum absolute atomic E-state index is 0.283. The van der Waals surface area contributed by atoms with Crippen molar-refractivity contribution in [2.75, 3.05) is 18.0 Å². The van der Waals surface area contributed by atoms with Crippen LogP contribution in [0.25, 0.3) is 0 Å². The van der Waals surface area contributed by atoms with Gasteiger partial charge in [-0.2, -0.15) is 4.98 Å². The van der Waals surface area contributed by atoms with E-state index in [1.54, 1.807) is 0 Å². The molecule has 1 aliphatic rings. The molecule has 0 atom stereocenters. The summed E-state index contributed by atoms with van der Waals surface area (Å²) < 4.78 is 5.22. The first-order valence-electron chi connectivity index (χ1n) is 5.79. The van der Waals surface area contributed by atoms with E-state index in [9.17, 15) is 5.11 Å². The molecule has 0 aliphatic carbocycles. The van der Waals surface area contributed by atoms with Crippen molar-refractivity contribution >= 4 is 6.01 Å². The molecule has 1 aliphatic heterocycles. The fourth-order valence-electron chi connectivity index (χ4n) is 1.77. The van der Waals surface area contributed by atoms with Crippen LogP contribution in [-0.2, 0) is 0 Å². The lowest BCUT2D eigenvalue weighted by Gasteiger charge is -2.34. The molecule has 5 nitrogen and oxygen atoms in total. The number of piperidine rings is 1. The molecule has 0 unspecified atom stereocenters. The third-order valence-electron chi connectivity index (χ3n) is 3.06. The Labute approximate surface area is 95.4 Å². The smallest absolute Gasteiger partial charge is 0.324 e. The molecule has 1 aromatic rings. The van der Waals surface area contributed by atoms with Crippen molar-refractivity contribution in [3.8, 4) is 0 Å². The molecule has 5 heteroatoms. The average Bonchev–Trinajstić information content (AvgIpc) is 2.66. The SMILES string of the molecule is CC(C)c1noc(N2CCC(C)(O)CC2)n1. The third-order valence-corrected chi connectivity index (χ3v) is 3.06. The molecule has 90 valence electrons. The highest BCUT2D eigenvalue weighted by Gasteiger charge is 2.29. The number of hydrogen-bond donors (Lipinski definition) is 1. The molecule has 0 amide bonds. The number of aliphatic hydroxyl groups is 1. The van der Waals surface area contributed by atoms with Crippen molar-refractivity contribution in [2.45, 2.75) is 45.1 Å². The fraction of sp³-hybridized carbons (Fsp3) is 0.818. The predicted molar refractivity (Wildman–Crippen MR) is 60.5 cm³/mol. The summed E-state index contributed by atoms with van der Waals surface area (Å²) in [5.74, 6) is 1.03. The van der Waals surface area contributed by atoms with Gasteiger partial charge in [0.15, 0.2) is 5.82 Å². The van der Waals surface area contributed by atoms with Crippen LogP contribution in [0, 0.1) is 0 Å². The molecule has 1 N–H and O–H groups in total. The van der Waals surface area contributed by atoms with E-state index in [2.05, 4.69) is 10.1 Å². The Kier molecular flexibility index (Phi) is 2.88. The van der Waals surface area contributed by atoms with E-state index in [0.717, 1.165) is 31.8 Å². The Morgan fingerprint density at radius 3 is 2.50 bits per heavy atom. The first kappa shape index (κ1) is 11.4. The van der Waals surface area contributed by atoms with Crippen LogP contribution in [0.15, 0.2) is 4.52 Å². The Morgan fingerprint density at radius 1 is 1.38 bits per heavy atom. The molecule has 0 spiro atoms. The standard InChI is InChI=1S/C11H19N3O2/c1-8(2)9-12-10(16-13-9)14-6-4-11(3,15)5-7-14/h8,15H,4-7H2,1-3H3. The summed E-state index contributed by atoms with van der Waals surface area (Å²) in [7, 11) is 0. The summed E-state index contributed by atoms with van der Waals surface area (Å²) >= 11 is 0. The first-order valence-corrected chi connectivity index (χ1v) is 5.79. The van der Waals surface area contributed by atoms with Crippen LogP contribution in [0.2, 0.25) is 0 Å². The minimum atomic E-state index is -0.544. The molecule has 2 rings (SSSR count). The molecule has 1 saturated heterocycles. The van der Waals surface area contributed by atoms with Crippen molar-refractivity contribution in [3.63, 3.8) is 0 Å². The van der Waals surface area contributed by atoms with Crippen LogP contribution >= 0.6 is 0 Å². The van der Waals surface area contributed by atoms with Crippen molar-refractivity contribution in [3.05, 3.63) is 5.82 Å². The van der Waals surface area contributed by atoms with Crippen LogP contribution in [-0.4, -0.2) is 33.9 Å². The van der Waals surface area contributed by atoms with E-state index in [0.29, 0.717) is 6.01 Å². The van der Waals surface area contributed by atoms with Gasteiger partial charge in [0.25, 0.3) is 0 Å². The summed E-state index contributed by atoms with van der Waals surface area (Å²) in [4.78, 5) is 6.39. The summed E-state index contributed by atoms with van der Waals surface area (Å²) in [6, 6.07) is 0.583. The summed E-state index contributed by atoms with van der Waals surface area (Å²) in [5.41, 5.74) is -0.544. The molecular formula is C11H19N3O2. The van der Waals surface area contributed by atoms with Crippen molar-refractivity contribution in [1.29, 1.82) is 0 Å². The van der Waals surface area contributed by atoms with Gasteiger partial charge in [-0.1, -0.05) is 19.0 Å². The predicted octanol–water partition coefficient (Wildman–Crippen LogP) is 1.54. The maximum atomic E-state index is 9.84. The molecule has 0 bridgehead atoms. The first-order chi connectivity index (χ1) is 7.48. The van der Waals surface area contributed by atoms with Gasteiger partial charge >= 0.3 is 6.01 Å². The van der Waals surface area contributed by atoms with Gasteiger partial charge < -0.3 is 14.5 Å². The Hall–Kier alpha value is -1.10. The van der Waals surface area contributed by atoms with E-state index in [1.165, 1.54) is 0 Å². The van der Waals surface area contributed by atoms with Gasteiger partial charge in [-0.3, -0.25) is 0 Å². The van der Waals surface area contributed by atoms with Gasteiger partial charge in [0.1, 0.15) is 0 Å². The Balaban J connectivity index is 2.03. The molecule has 2 heterocycles. The monoisotopic (exact) mass is 225 g/mol. The zero-order valence-electron chi connectivity index (χ0n) is 10.1. The molecule has 0 saturated carbocycles. The third kappa shape index (κ3) is 2.35. The van der Waals surface area contributed by atoms with E-state index >= 15 is 0 Å². The van der Waals surface area contributed by atoms with Gasteiger partial charge in [0.2, 0.25) is 0 Å². The van der Waals surface area contributed by atoms with Crippen LogP contribution in [0.1, 0.15) is 45.4 Å². The maximum Gasteiger partial charge on any atom is 0.324 e. The van der Waals surface area contributed by atoms with Gasteiger partial charge in [-0.25, -0.2) is 0 Å². The van der Waals surface area contributed by atoms with Crippen LogP contribution in [0.5, 0.6) is 0 Å². The van der Waals surface area contributed by atoms with Crippen LogP contribution < -0.4 is 4.90 Å². The van der Waals surface area contributed by atoms with E-state index < -0.39 is 5.60 Å². The zero-order chi connectivity index (χ0) is 11.8. The van der Waals surface area contributed by atoms with Crippen molar-refractivity contribution in [2.24, 2.45) is 0 Å². The Morgan fingerprint density at radius 2 is 2.00 bits per heavy atom. The van der Waals surface area contributed by atoms with Crippen LogP contribution in [0.3, 0.4) is 0 Å². The number of aromatic nitrogens is 2. The highest BCUT2D eigenvalue weighted by molar-refractivity contribution is 5.26. The maximum absolute atomic E-state index is 9.84. The number of nitrogens with zero attached hydrogens (tertiary/aromatic N) is 3. The van der Waals surface area contributed by atoms with E-state index in [4.69, 9.17) is 4.52 Å². The summed E-state index contributed by atoms with van der Waals surface area (Å²) in [6.45, 7) is 7.49. The molecule has 1 aromatic heterocycles. The molecule has 0 aromatic carbocycles. The highest BCUT2D eigenvalue weighted by Crippen LogP contribution is 2.25. The second kappa shape index (κ2) is 4.05. The highest BCUT2D eigenvalue weighted by atomic mass is 16.5. The molecule has 16 heavy (non-hydrogen) atoms. The quantitative estimate of drug-likeness (QED) is 0.827. The molecule has 1 fully saturated rings. The van der Waals surface area contributed by atoms with Gasteiger partial charge in [-0.15, -0.1) is 0 Å². The Bertz CT molecular complexity index is 350. The minimum Gasteiger partial charge on any atom is -0.390 e. The number of hydrogen-bond acceptors (Lipinski definition) is 5. The lowest BCUT2D eigenvalue weighted by molar-refractivity contribution is 0.0341. The second-order valence-corrected chi connectivity index (χ2v) is 5.07. The normalized spacial score (nSPS) is 20.4.